The van der Waals surface area contributed by atoms with Gasteiger partial charge in [-0.15, -0.1) is 0 Å². The Bertz CT molecular complexity index is 1210. The third-order valence-electron chi connectivity index (χ3n) is 5.39. The summed E-state index contributed by atoms with van der Waals surface area (Å²) in [6.07, 6.45) is 3.86. The molecular weight excluding hydrogens is 364 g/mol. The summed E-state index contributed by atoms with van der Waals surface area (Å²) in [5.41, 5.74) is 1.78. The van der Waals surface area contributed by atoms with Crippen LogP contribution < -0.4 is 4.74 Å². The first kappa shape index (κ1) is 17.2. The van der Waals surface area contributed by atoms with Gasteiger partial charge in [-0.2, -0.15) is 0 Å². The average molecular weight is 382 g/mol. The molecule has 0 saturated heterocycles. The number of hydrogen-bond donors (Lipinski definition) is 3. The van der Waals surface area contributed by atoms with Crippen LogP contribution in [0.1, 0.15) is 16.7 Å². The molecule has 0 aromatic heterocycles. The van der Waals surface area contributed by atoms with E-state index >= 15 is 0 Å². The van der Waals surface area contributed by atoms with Crippen molar-refractivity contribution in [3.05, 3.63) is 102 Å². The van der Waals surface area contributed by atoms with Crippen molar-refractivity contribution in [2.24, 2.45) is 0 Å². The van der Waals surface area contributed by atoms with Gasteiger partial charge in [0, 0.05) is 33.5 Å². The Hall–Kier alpha value is -3.92. The Morgan fingerprint density at radius 3 is 1.93 bits per heavy atom. The van der Waals surface area contributed by atoms with Gasteiger partial charge >= 0.3 is 0 Å². The summed E-state index contributed by atoms with van der Waals surface area (Å²) in [5, 5.41) is 31.3. The van der Waals surface area contributed by atoms with Crippen LogP contribution >= 0.6 is 0 Å². The van der Waals surface area contributed by atoms with Gasteiger partial charge in [-0.05, 0) is 24.3 Å². The Balaban J connectivity index is 1.77. The third-order valence-corrected chi connectivity index (χ3v) is 5.39. The first-order valence-electron chi connectivity index (χ1n) is 9.30. The van der Waals surface area contributed by atoms with Gasteiger partial charge in [0.25, 0.3) is 0 Å². The largest absolute Gasteiger partial charge is 0.507 e. The summed E-state index contributed by atoms with van der Waals surface area (Å²) in [7, 11) is 0. The highest BCUT2D eigenvalue weighted by Gasteiger charge is 2.37. The van der Waals surface area contributed by atoms with Crippen molar-refractivity contribution in [1.82, 2.24) is 0 Å². The Morgan fingerprint density at radius 2 is 1.31 bits per heavy atom. The van der Waals surface area contributed by atoms with Crippen molar-refractivity contribution in [2.45, 2.75) is 5.60 Å². The van der Waals surface area contributed by atoms with Crippen LogP contribution in [0.5, 0.6) is 23.0 Å². The molecule has 142 valence electrons. The van der Waals surface area contributed by atoms with Crippen molar-refractivity contribution >= 4 is 16.8 Å². The van der Waals surface area contributed by atoms with Crippen LogP contribution in [0.3, 0.4) is 0 Å². The summed E-state index contributed by atoms with van der Waals surface area (Å²) in [6, 6.07) is 24.4. The van der Waals surface area contributed by atoms with Crippen molar-refractivity contribution in [3.63, 3.8) is 0 Å². The van der Waals surface area contributed by atoms with E-state index in [4.69, 9.17) is 4.74 Å². The maximum absolute atomic E-state index is 10.4. The maximum Gasteiger partial charge on any atom is 0.178 e. The third kappa shape index (κ3) is 2.53. The first-order chi connectivity index (χ1) is 14.1. The van der Waals surface area contributed by atoms with Gasteiger partial charge in [0.1, 0.15) is 11.5 Å². The first-order valence-corrected chi connectivity index (χ1v) is 9.30. The Labute approximate surface area is 167 Å². The topological polar surface area (TPSA) is 69.9 Å². The SMILES string of the molecule is Oc1cc(O)c2c3c(ccc2c1O)OC(c1ccccc1)(c1ccccc1)C=C3. The molecule has 4 aromatic carbocycles. The van der Waals surface area contributed by atoms with E-state index in [0.717, 1.165) is 17.2 Å². The van der Waals surface area contributed by atoms with Gasteiger partial charge in [-0.3, -0.25) is 0 Å². The number of fused-ring (bicyclic) bond motifs is 3. The molecule has 0 fully saturated rings. The molecule has 4 nitrogen and oxygen atoms in total. The number of rotatable bonds is 2. The second-order valence-corrected chi connectivity index (χ2v) is 7.07. The smallest absolute Gasteiger partial charge is 0.178 e. The fourth-order valence-corrected chi connectivity index (χ4v) is 3.99. The zero-order chi connectivity index (χ0) is 20.0. The summed E-state index contributed by atoms with van der Waals surface area (Å²) >= 11 is 0. The molecule has 3 N–H and O–H groups in total. The summed E-state index contributed by atoms with van der Waals surface area (Å²) < 4.78 is 6.58. The van der Waals surface area contributed by atoms with Crippen LogP contribution in [0.15, 0.2) is 84.9 Å². The number of phenolic OH excluding ortho intramolecular Hbond substituents is 3. The highest BCUT2D eigenvalue weighted by molar-refractivity contribution is 6.02. The summed E-state index contributed by atoms with van der Waals surface area (Å²) in [5.74, 6) is -0.170. The molecule has 4 heteroatoms. The molecule has 4 aromatic rings. The molecular formula is C25H18O4. The fourth-order valence-electron chi connectivity index (χ4n) is 3.99. The van der Waals surface area contributed by atoms with E-state index < -0.39 is 5.60 Å². The van der Waals surface area contributed by atoms with E-state index in [1.165, 1.54) is 0 Å². The van der Waals surface area contributed by atoms with E-state index in [1.807, 2.05) is 72.8 Å². The van der Waals surface area contributed by atoms with Gasteiger partial charge in [-0.1, -0.05) is 60.7 Å². The fraction of sp³-hybridized carbons (Fsp3) is 0.0400. The van der Waals surface area contributed by atoms with Crippen LogP contribution in [0.4, 0.5) is 0 Å². The maximum atomic E-state index is 10.4. The molecule has 0 atom stereocenters. The minimum atomic E-state index is -0.822. The van der Waals surface area contributed by atoms with Crippen LogP contribution in [0.25, 0.3) is 16.8 Å². The zero-order valence-electron chi connectivity index (χ0n) is 15.4. The minimum absolute atomic E-state index is 0.118. The highest BCUT2D eigenvalue weighted by atomic mass is 16.5. The van der Waals surface area contributed by atoms with E-state index in [-0.39, 0.29) is 17.2 Å². The molecule has 1 heterocycles. The lowest BCUT2D eigenvalue weighted by molar-refractivity contribution is 0.161. The Morgan fingerprint density at radius 1 is 0.690 bits per heavy atom. The molecule has 0 bridgehead atoms. The lowest BCUT2D eigenvalue weighted by atomic mass is 9.83. The zero-order valence-corrected chi connectivity index (χ0v) is 15.4. The van der Waals surface area contributed by atoms with Crippen LogP contribution in [0, 0.1) is 0 Å². The molecule has 5 rings (SSSR count). The molecule has 29 heavy (non-hydrogen) atoms. The number of hydrogen-bond acceptors (Lipinski definition) is 4. The number of benzene rings is 4. The summed E-state index contributed by atoms with van der Waals surface area (Å²) in [6.45, 7) is 0. The van der Waals surface area contributed by atoms with E-state index in [1.54, 1.807) is 12.1 Å². The summed E-state index contributed by atoms with van der Waals surface area (Å²) in [4.78, 5) is 0. The monoisotopic (exact) mass is 382 g/mol. The van der Waals surface area contributed by atoms with Gasteiger partial charge in [0.05, 0.1) is 0 Å². The van der Waals surface area contributed by atoms with Crippen molar-refractivity contribution < 1.29 is 20.1 Å². The Kier molecular flexibility index (Phi) is 3.74. The van der Waals surface area contributed by atoms with Gasteiger partial charge < -0.3 is 20.1 Å². The lowest BCUT2D eigenvalue weighted by Crippen LogP contribution is -2.34. The quantitative estimate of drug-likeness (QED) is 0.325. The second-order valence-electron chi connectivity index (χ2n) is 7.07. The van der Waals surface area contributed by atoms with E-state index in [0.29, 0.717) is 22.1 Å². The van der Waals surface area contributed by atoms with Crippen molar-refractivity contribution in [3.8, 4) is 23.0 Å². The predicted molar refractivity (Wildman–Crippen MR) is 112 cm³/mol. The molecule has 1 aliphatic heterocycles. The van der Waals surface area contributed by atoms with E-state index in [9.17, 15) is 15.3 Å². The average Bonchev–Trinajstić information content (AvgIpc) is 2.77. The van der Waals surface area contributed by atoms with Gasteiger partial charge in [0.2, 0.25) is 0 Å². The lowest BCUT2D eigenvalue weighted by Gasteiger charge is -2.36. The van der Waals surface area contributed by atoms with E-state index in [2.05, 4.69) is 0 Å². The molecule has 0 saturated carbocycles. The number of phenols is 3. The van der Waals surface area contributed by atoms with Crippen molar-refractivity contribution in [2.75, 3.05) is 0 Å². The molecule has 0 unspecified atom stereocenters. The van der Waals surface area contributed by atoms with Gasteiger partial charge in [0.15, 0.2) is 17.1 Å². The van der Waals surface area contributed by atoms with Gasteiger partial charge in [-0.25, -0.2) is 0 Å². The second kappa shape index (κ2) is 6.31. The van der Waals surface area contributed by atoms with Crippen molar-refractivity contribution in [1.29, 1.82) is 0 Å². The normalized spacial score (nSPS) is 14.3. The number of ether oxygens (including phenoxy) is 1. The highest BCUT2D eigenvalue weighted by Crippen LogP contribution is 2.48. The van der Waals surface area contributed by atoms with Crippen LogP contribution in [0.2, 0.25) is 0 Å². The molecule has 0 aliphatic carbocycles. The van der Waals surface area contributed by atoms with Crippen LogP contribution in [-0.2, 0) is 5.60 Å². The number of aromatic hydroxyl groups is 3. The molecule has 0 spiro atoms. The predicted octanol–water partition coefficient (Wildman–Crippen LogP) is 5.31. The molecule has 1 aliphatic rings. The standard InChI is InChI=1S/C25H18O4/c26-20-15-21(27)24(28)19-11-12-22-18(23(19)20)13-14-25(29-22,16-7-3-1-4-8-16)17-9-5-2-6-10-17/h1-15,26-28H. The minimum Gasteiger partial charge on any atom is -0.507 e. The molecule has 0 amide bonds. The van der Waals surface area contributed by atoms with Crippen LogP contribution in [-0.4, -0.2) is 15.3 Å². The molecule has 0 radical (unpaired) electrons.